The number of rotatable bonds is 4. The smallest absolute Gasteiger partial charge is 0.128 e. The van der Waals surface area contributed by atoms with Gasteiger partial charge in [-0.25, -0.2) is 8.78 Å². The van der Waals surface area contributed by atoms with Crippen LogP contribution in [0.5, 0.6) is 0 Å². The van der Waals surface area contributed by atoms with Gasteiger partial charge < -0.3 is 5.32 Å². The minimum absolute atomic E-state index is 0.271. The Bertz CT molecular complexity index is 655. The van der Waals surface area contributed by atoms with E-state index in [1.54, 1.807) is 6.92 Å². The summed E-state index contributed by atoms with van der Waals surface area (Å²) in [7, 11) is 0. The van der Waals surface area contributed by atoms with Crippen molar-refractivity contribution in [2.24, 2.45) is 0 Å². The second-order valence-corrected chi connectivity index (χ2v) is 5.47. The first-order valence-corrected chi connectivity index (χ1v) is 7.27. The Hall–Kier alpha value is -1.45. The van der Waals surface area contributed by atoms with E-state index in [0.717, 1.165) is 11.1 Å². The second kappa shape index (κ2) is 6.54. The topological polar surface area (TPSA) is 12.0 Å². The molecular formula is C17H18ClF2N. The fourth-order valence-corrected chi connectivity index (χ4v) is 2.60. The molecule has 0 saturated carbocycles. The molecule has 0 aromatic heterocycles. The van der Waals surface area contributed by atoms with Crippen LogP contribution in [0.1, 0.15) is 35.2 Å². The zero-order valence-electron chi connectivity index (χ0n) is 12.3. The molecule has 0 spiro atoms. The van der Waals surface area contributed by atoms with Gasteiger partial charge in [0.15, 0.2) is 0 Å². The van der Waals surface area contributed by atoms with Crippen LogP contribution in [0.15, 0.2) is 30.3 Å². The first-order valence-electron chi connectivity index (χ1n) is 6.89. The van der Waals surface area contributed by atoms with Crippen LogP contribution in [0.2, 0.25) is 5.02 Å². The Balaban J connectivity index is 2.59. The molecule has 0 fully saturated rings. The molecule has 2 rings (SSSR count). The molecule has 4 heteroatoms. The van der Waals surface area contributed by atoms with Gasteiger partial charge in [-0.2, -0.15) is 0 Å². The summed E-state index contributed by atoms with van der Waals surface area (Å²) in [6, 6.07) is 7.58. The first kappa shape index (κ1) is 15.9. The van der Waals surface area contributed by atoms with Crippen molar-refractivity contribution in [3.05, 3.63) is 69.2 Å². The van der Waals surface area contributed by atoms with Gasteiger partial charge in [0.1, 0.15) is 11.6 Å². The summed E-state index contributed by atoms with van der Waals surface area (Å²) in [5.74, 6) is -0.851. The van der Waals surface area contributed by atoms with Gasteiger partial charge >= 0.3 is 0 Å². The molecule has 0 bridgehead atoms. The predicted octanol–water partition coefficient (Wildman–Crippen LogP) is 4.93. The third kappa shape index (κ3) is 3.25. The molecule has 0 amide bonds. The molecule has 0 heterocycles. The molecule has 1 unspecified atom stereocenters. The highest BCUT2D eigenvalue weighted by atomic mass is 35.5. The lowest BCUT2D eigenvalue weighted by atomic mass is 9.95. The Labute approximate surface area is 128 Å². The molecule has 0 aliphatic heterocycles. The Kier molecular flexibility index (Phi) is 4.96. The van der Waals surface area contributed by atoms with Crippen molar-refractivity contribution in [1.29, 1.82) is 0 Å². The molecule has 1 N–H and O–H groups in total. The maximum absolute atomic E-state index is 14.3. The Morgan fingerprint density at radius 1 is 1.05 bits per heavy atom. The molecule has 0 aliphatic rings. The summed E-state index contributed by atoms with van der Waals surface area (Å²) in [4.78, 5) is 0. The molecular weight excluding hydrogens is 292 g/mol. The largest absolute Gasteiger partial charge is 0.306 e. The zero-order valence-corrected chi connectivity index (χ0v) is 13.1. The summed E-state index contributed by atoms with van der Waals surface area (Å²) >= 11 is 6.34. The van der Waals surface area contributed by atoms with Gasteiger partial charge in [0.25, 0.3) is 0 Å². The van der Waals surface area contributed by atoms with E-state index in [2.05, 4.69) is 5.32 Å². The van der Waals surface area contributed by atoms with Crippen LogP contribution in [-0.4, -0.2) is 6.54 Å². The Morgan fingerprint density at radius 3 is 2.43 bits per heavy atom. The summed E-state index contributed by atoms with van der Waals surface area (Å²) < 4.78 is 28.1. The second-order valence-electron chi connectivity index (χ2n) is 5.09. The molecule has 112 valence electrons. The predicted molar refractivity (Wildman–Crippen MR) is 82.8 cm³/mol. The number of halogens is 3. The van der Waals surface area contributed by atoms with E-state index < -0.39 is 17.7 Å². The maximum Gasteiger partial charge on any atom is 0.128 e. The van der Waals surface area contributed by atoms with E-state index in [1.165, 1.54) is 12.1 Å². The third-order valence-electron chi connectivity index (χ3n) is 3.53. The molecule has 1 nitrogen and oxygen atoms in total. The number of aryl methyl sites for hydroxylation is 2. The van der Waals surface area contributed by atoms with Crippen LogP contribution in [0.3, 0.4) is 0 Å². The van der Waals surface area contributed by atoms with Crippen molar-refractivity contribution in [2.45, 2.75) is 26.8 Å². The average molecular weight is 310 g/mol. The monoisotopic (exact) mass is 309 g/mol. The molecule has 2 aromatic carbocycles. The number of benzene rings is 2. The van der Waals surface area contributed by atoms with Crippen LogP contribution >= 0.6 is 11.6 Å². The summed E-state index contributed by atoms with van der Waals surface area (Å²) in [5, 5.41) is 3.75. The van der Waals surface area contributed by atoms with E-state index in [9.17, 15) is 8.78 Å². The molecule has 2 aromatic rings. The fraction of sp³-hybridized carbons (Fsp3) is 0.294. The van der Waals surface area contributed by atoms with E-state index in [4.69, 9.17) is 11.6 Å². The molecule has 0 radical (unpaired) electrons. The van der Waals surface area contributed by atoms with Crippen LogP contribution in [0.4, 0.5) is 8.78 Å². The number of hydrogen-bond acceptors (Lipinski definition) is 1. The van der Waals surface area contributed by atoms with E-state index in [-0.39, 0.29) is 5.56 Å². The average Bonchev–Trinajstić information content (AvgIpc) is 2.44. The van der Waals surface area contributed by atoms with Crippen molar-refractivity contribution in [3.8, 4) is 0 Å². The van der Waals surface area contributed by atoms with Gasteiger partial charge in [-0.05, 0) is 49.2 Å². The van der Waals surface area contributed by atoms with Crippen molar-refractivity contribution in [3.63, 3.8) is 0 Å². The molecule has 0 saturated heterocycles. The lowest BCUT2D eigenvalue weighted by Crippen LogP contribution is -2.23. The van der Waals surface area contributed by atoms with Gasteiger partial charge in [0.2, 0.25) is 0 Å². The highest BCUT2D eigenvalue weighted by Crippen LogP contribution is 2.32. The van der Waals surface area contributed by atoms with Crippen molar-refractivity contribution in [2.75, 3.05) is 6.54 Å². The number of hydrogen-bond donors (Lipinski definition) is 1. The van der Waals surface area contributed by atoms with Gasteiger partial charge in [0, 0.05) is 10.6 Å². The van der Waals surface area contributed by atoms with Gasteiger partial charge in [-0.3, -0.25) is 0 Å². The highest BCUT2D eigenvalue weighted by molar-refractivity contribution is 6.32. The van der Waals surface area contributed by atoms with Crippen LogP contribution in [0.25, 0.3) is 0 Å². The minimum Gasteiger partial charge on any atom is -0.306 e. The SMILES string of the molecule is CCNC(c1cc(F)c(C)cc1F)c1cccc(C)c1Cl. The summed E-state index contributed by atoms with van der Waals surface area (Å²) in [6.07, 6.45) is 0. The Morgan fingerprint density at radius 2 is 1.76 bits per heavy atom. The van der Waals surface area contributed by atoms with Gasteiger partial charge in [-0.1, -0.05) is 36.7 Å². The zero-order chi connectivity index (χ0) is 15.6. The first-order chi connectivity index (χ1) is 9.95. The third-order valence-corrected chi connectivity index (χ3v) is 4.05. The molecule has 1 atom stereocenters. The normalized spacial score (nSPS) is 12.5. The van der Waals surface area contributed by atoms with E-state index in [1.807, 2.05) is 32.0 Å². The molecule has 21 heavy (non-hydrogen) atoms. The van der Waals surface area contributed by atoms with Crippen molar-refractivity contribution < 1.29 is 8.78 Å². The lowest BCUT2D eigenvalue weighted by Gasteiger charge is -2.22. The van der Waals surface area contributed by atoms with Gasteiger partial charge in [-0.15, -0.1) is 0 Å². The van der Waals surface area contributed by atoms with Crippen LogP contribution in [0, 0.1) is 25.5 Å². The summed E-state index contributed by atoms with van der Waals surface area (Å²) in [6.45, 7) is 5.97. The van der Waals surface area contributed by atoms with Crippen LogP contribution in [-0.2, 0) is 0 Å². The maximum atomic E-state index is 14.3. The lowest BCUT2D eigenvalue weighted by molar-refractivity contribution is 0.541. The van der Waals surface area contributed by atoms with Crippen molar-refractivity contribution >= 4 is 11.6 Å². The minimum atomic E-state index is -0.475. The quantitative estimate of drug-likeness (QED) is 0.844. The standard InChI is InChI=1S/C17H18ClF2N/c1-4-21-17(12-7-5-6-10(2)16(12)18)13-9-14(19)11(3)8-15(13)20/h5-9,17,21H,4H2,1-3H3. The highest BCUT2D eigenvalue weighted by Gasteiger charge is 2.21. The van der Waals surface area contributed by atoms with Crippen molar-refractivity contribution in [1.82, 2.24) is 5.32 Å². The molecule has 0 aliphatic carbocycles. The van der Waals surface area contributed by atoms with Crippen LogP contribution < -0.4 is 5.32 Å². The number of nitrogens with one attached hydrogen (secondary N) is 1. The fourth-order valence-electron chi connectivity index (χ4n) is 2.37. The van der Waals surface area contributed by atoms with Gasteiger partial charge in [0.05, 0.1) is 6.04 Å². The summed E-state index contributed by atoms with van der Waals surface area (Å²) in [5.41, 5.74) is 2.22. The van der Waals surface area contributed by atoms with E-state index in [0.29, 0.717) is 17.1 Å². The van der Waals surface area contributed by atoms with E-state index >= 15 is 0 Å².